The zero-order valence-corrected chi connectivity index (χ0v) is 15.5. The molecule has 0 spiro atoms. The fraction of sp³-hybridized carbons (Fsp3) is 0.0952. The number of halogens is 1. The molecule has 2 aromatic heterocycles. The van der Waals surface area contributed by atoms with Crippen LogP contribution in [0, 0.1) is 5.82 Å². The summed E-state index contributed by atoms with van der Waals surface area (Å²) in [5.41, 5.74) is 0.366. The number of aromatic amines is 1. The Balaban J connectivity index is 1.76. The number of benzene rings is 2. The average Bonchev–Trinajstić information content (AvgIpc) is 3.04. The van der Waals surface area contributed by atoms with Gasteiger partial charge in [-0.25, -0.2) is 13.8 Å². The van der Waals surface area contributed by atoms with E-state index in [1.54, 1.807) is 7.05 Å². The van der Waals surface area contributed by atoms with E-state index in [4.69, 9.17) is 0 Å². The van der Waals surface area contributed by atoms with Crippen molar-refractivity contribution in [2.45, 2.75) is 6.54 Å². The number of hydrogen-bond donors (Lipinski definition) is 2. The molecular weight excluding hydrogens is 375 g/mol. The molecule has 8 heteroatoms. The molecule has 0 saturated heterocycles. The molecule has 0 bridgehead atoms. The number of amides is 1. The molecule has 29 heavy (non-hydrogen) atoms. The van der Waals surface area contributed by atoms with E-state index in [1.807, 2.05) is 30.3 Å². The normalized spacial score (nSPS) is 11.0. The molecule has 0 aliphatic rings. The SMILES string of the molecule is Cn1cc(C(=O)NCc2ccccc2)c2[nH]c(=O)n(-c3ccc(F)cc3)c(=O)c21. The molecule has 0 unspecified atom stereocenters. The number of nitrogens with one attached hydrogen (secondary N) is 2. The van der Waals surface area contributed by atoms with E-state index < -0.39 is 23.0 Å². The molecule has 146 valence electrons. The summed E-state index contributed by atoms with van der Waals surface area (Å²) >= 11 is 0. The molecular formula is C21H17FN4O3. The van der Waals surface area contributed by atoms with Crippen LogP contribution in [-0.4, -0.2) is 20.0 Å². The number of nitrogens with zero attached hydrogens (tertiary/aromatic N) is 2. The number of hydrogen-bond acceptors (Lipinski definition) is 3. The van der Waals surface area contributed by atoms with Gasteiger partial charge in [0.25, 0.3) is 11.5 Å². The van der Waals surface area contributed by atoms with Crippen LogP contribution in [0.25, 0.3) is 16.7 Å². The first-order valence-electron chi connectivity index (χ1n) is 8.88. The molecule has 0 aliphatic heterocycles. The Morgan fingerprint density at radius 2 is 1.76 bits per heavy atom. The minimum atomic E-state index is -0.711. The third kappa shape index (κ3) is 3.36. The van der Waals surface area contributed by atoms with Crippen LogP contribution in [0.2, 0.25) is 0 Å². The summed E-state index contributed by atoms with van der Waals surface area (Å²) in [5, 5.41) is 2.79. The Morgan fingerprint density at radius 3 is 2.45 bits per heavy atom. The van der Waals surface area contributed by atoms with Gasteiger partial charge in [-0.2, -0.15) is 0 Å². The Bertz CT molecular complexity index is 1320. The summed E-state index contributed by atoms with van der Waals surface area (Å²) in [4.78, 5) is 40.8. The third-order valence-electron chi connectivity index (χ3n) is 4.65. The summed E-state index contributed by atoms with van der Waals surface area (Å²) in [7, 11) is 1.62. The van der Waals surface area contributed by atoms with Gasteiger partial charge in [-0.05, 0) is 29.8 Å². The van der Waals surface area contributed by atoms with Crippen LogP contribution >= 0.6 is 0 Å². The van der Waals surface area contributed by atoms with Gasteiger partial charge in [-0.15, -0.1) is 0 Å². The second kappa shape index (κ2) is 7.23. The van der Waals surface area contributed by atoms with Gasteiger partial charge in [-0.1, -0.05) is 30.3 Å². The zero-order valence-electron chi connectivity index (χ0n) is 15.5. The van der Waals surface area contributed by atoms with Crippen LogP contribution in [-0.2, 0) is 13.6 Å². The monoisotopic (exact) mass is 392 g/mol. The van der Waals surface area contributed by atoms with Crippen molar-refractivity contribution in [3.8, 4) is 5.69 Å². The number of H-pyrrole nitrogens is 1. The maximum atomic E-state index is 13.2. The van der Waals surface area contributed by atoms with E-state index in [9.17, 15) is 18.8 Å². The van der Waals surface area contributed by atoms with Gasteiger partial charge in [0, 0.05) is 19.8 Å². The molecule has 0 aliphatic carbocycles. The van der Waals surface area contributed by atoms with Crippen molar-refractivity contribution in [2.75, 3.05) is 0 Å². The predicted molar refractivity (Wildman–Crippen MR) is 107 cm³/mol. The zero-order chi connectivity index (χ0) is 20.5. The first kappa shape index (κ1) is 18.4. The lowest BCUT2D eigenvalue weighted by molar-refractivity contribution is 0.0952. The average molecular weight is 392 g/mol. The van der Waals surface area contributed by atoms with Crippen LogP contribution in [0.5, 0.6) is 0 Å². The lowest BCUT2D eigenvalue weighted by atomic mass is 10.2. The molecule has 1 amide bonds. The Kier molecular flexibility index (Phi) is 4.59. The van der Waals surface area contributed by atoms with Crippen LogP contribution in [0.1, 0.15) is 15.9 Å². The minimum Gasteiger partial charge on any atom is -0.348 e. The van der Waals surface area contributed by atoms with Crippen LogP contribution in [0.3, 0.4) is 0 Å². The largest absolute Gasteiger partial charge is 0.348 e. The Labute approximate surface area is 164 Å². The van der Waals surface area contributed by atoms with E-state index in [2.05, 4.69) is 10.3 Å². The molecule has 0 radical (unpaired) electrons. The molecule has 4 rings (SSSR count). The van der Waals surface area contributed by atoms with E-state index in [-0.39, 0.29) is 22.3 Å². The molecule has 0 fully saturated rings. The molecule has 2 heterocycles. The van der Waals surface area contributed by atoms with Crippen LogP contribution in [0.4, 0.5) is 4.39 Å². The highest BCUT2D eigenvalue weighted by atomic mass is 19.1. The van der Waals surface area contributed by atoms with Crippen LogP contribution in [0.15, 0.2) is 70.4 Å². The number of carbonyl (C=O) groups excluding carboxylic acids is 1. The smallest absolute Gasteiger partial charge is 0.333 e. The Morgan fingerprint density at radius 1 is 1.07 bits per heavy atom. The quantitative estimate of drug-likeness (QED) is 0.557. The molecule has 7 nitrogen and oxygen atoms in total. The third-order valence-corrected chi connectivity index (χ3v) is 4.65. The molecule has 0 atom stereocenters. The first-order chi connectivity index (χ1) is 14.0. The van der Waals surface area contributed by atoms with Crippen molar-refractivity contribution in [3.63, 3.8) is 0 Å². The second-order valence-electron chi connectivity index (χ2n) is 6.59. The van der Waals surface area contributed by atoms with Gasteiger partial charge in [0.15, 0.2) is 0 Å². The van der Waals surface area contributed by atoms with E-state index in [0.717, 1.165) is 10.1 Å². The summed E-state index contributed by atoms with van der Waals surface area (Å²) in [6, 6.07) is 14.4. The van der Waals surface area contributed by atoms with E-state index in [0.29, 0.717) is 6.54 Å². The molecule has 2 N–H and O–H groups in total. The lowest BCUT2D eigenvalue weighted by Crippen LogP contribution is -2.34. The van der Waals surface area contributed by atoms with Crippen molar-refractivity contribution in [1.82, 2.24) is 19.4 Å². The van der Waals surface area contributed by atoms with Gasteiger partial charge in [0.1, 0.15) is 11.3 Å². The first-order valence-corrected chi connectivity index (χ1v) is 8.88. The van der Waals surface area contributed by atoms with Crippen molar-refractivity contribution in [1.29, 1.82) is 0 Å². The fourth-order valence-corrected chi connectivity index (χ4v) is 3.24. The number of aryl methyl sites for hydroxylation is 1. The number of aromatic nitrogens is 3. The van der Waals surface area contributed by atoms with Gasteiger partial charge >= 0.3 is 5.69 Å². The number of rotatable bonds is 4. The standard InChI is InChI=1S/C21H17FN4O3/c1-25-12-16(19(27)23-11-13-5-3-2-4-6-13)17-18(25)20(28)26(21(29)24-17)15-9-7-14(22)8-10-15/h2-10,12H,11H2,1H3,(H,23,27)(H,24,29). The molecule has 2 aromatic carbocycles. The highest BCUT2D eigenvalue weighted by Crippen LogP contribution is 2.15. The van der Waals surface area contributed by atoms with Gasteiger partial charge in [0.05, 0.1) is 16.8 Å². The second-order valence-corrected chi connectivity index (χ2v) is 6.59. The summed E-state index contributed by atoms with van der Waals surface area (Å²) in [5.74, 6) is -0.885. The molecule has 0 saturated carbocycles. The van der Waals surface area contributed by atoms with Crippen molar-refractivity contribution >= 4 is 16.9 Å². The topological polar surface area (TPSA) is 88.9 Å². The fourth-order valence-electron chi connectivity index (χ4n) is 3.24. The maximum Gasteiger partial charge on any atom is 0.333 e. The van der Waals surface area contributed by atoms with Gasteiger partial charge in [-0.3, -0.25) is 9.59 Å². The highest BCUT2D eigenvalue weighted by molar-refractivity contribution is 6.05. The van der Waals surface area contributed by atoms with Crippen molar-refractivity contribution in [2.24, 2.45) is 7.05 Å². The van der Waals surface area contributed by atoms with Crippen molar-refractivity contribution in [3.05, 3.63) is 98.6 Å². The van der Waals surface area contributed by atoms with Gasteiger partial charge in [0.2, 0.25) is 0 Å². The van der Waals surface area contributed by atoms with E-state index >= 15 is 0 Å². The molecule has 4 aromatic rings. The van der Waals surface area contributed by atoms with E-state index in [1.165, 1.54) is 35.0 Å². The summed E-state index contributed by atoms with van der Waals surface area (Å²) in [6.07, 6.45) is 1.50. The van der Waals surface area contributed by atoms with Crippen molar-refractivity contribution < 1.29 is 9.18 Å². The van der Waals surface area contributed by atoms with Crippen LogP contribution < -0.4 is 16.6 Å². The number of carbonyl (C=O) groups is 1. The minimum absolute atomic E-state index is 0.159. The number of fused-ring (bicyclic) bond motifs is 1. The highest BCUT2D eigenvalue weighted by Gasteiger charge is 2.20. The Hall–Kier alpha value is -3.94. The summed E-state index contributed by atoms with van der Waals surface area (Å²) < 4.78 is 15.6. The maximum absolute atomic E-state index is 13.2. The predicted octanol–water partition coefficient (Wildman–Crippen LogP) is 2.09. The van der Waals surface area contributed by atoms with Gasteiger partial charge < -0.3 is 14.9 Å². The lowest BCUT2D eigenvalue weighted by Gasteiger charge is -2.06. The summed E-state index contributed by atoms with van der Waals surface area (Å²) in [6.45, 7) is 0.312.